The Morgan fingerprint density at radius 3 is 2.67 bits per heavy atom. The van der Waals surface area contributed by atoms with Gasteiger partial charge in [0.2, 0.25) is 0 Å². The first-order chi connectivity index (χ1) is 10.2. The van der Waals surface area contributed by atoms with Gasteiger partial charge in [-0.05, 0) is 35.9 Å². The Morgan fingerprint density at radius 2 is 1.90 bits per heavy atom. The van der Waals surface area contributed by atoms with E-state index >= 15 is 0 Å². The molecule has 0 saturated carbocycles. The Hall–Kier alpha value is -1.98. The number of halogens is 1. The number of pyridine rings is 1. The van der Waals surface area contributed by atoms with Gasteiger partial charge in [-0.2, -0.15) is 5.10 Å². The van der Waals surface area contributed by atoms with Crippen LogP contribution in [-0.4, -0.2) is 19.9 Å². The molecule has 0 bridgehead atoms. The molecule has 0 saturated heterocycles. The van der Waals surface area contributed by atoms with Crippen molar-refractivity contribution in [2.45, 2.75) is 12.6 Å². The second-order valence-electron chi connectivity index (χ2n) is 4.71. The van der Waals surface area contributed by atoms with Crippen LogP contribution >= 0.6 is 15.9 Å². The zero-order valence-corrected chi connectivity index (χ0v) is 12.8. The number of hydrogen-bond acceptors (Lipinski definition) is 3. The first-order valence-corrected chi connectivity index (χ1v) is 7.39. The number of rotatable bonds is 4. The van der Waals surface area contributed by atoms with Crippen molar-refractivity contribution in [2.75, 3.05) is 0 Å². The van der Waals surface area contributed by atoms with Crippen molar-refractivity contribution in [3.63, 3.8) is 0 Å². The average molecular weight is 344 g/mol. The van der Waals surface area contributed by atoms with Crippen molar-refractivity contribution in [3.05, 3.63) is 71.1 Å². The van der Waals surface area contributed by atoms with Crippen LogP contribution < -0.4 is 0 Å². The number of aromatic nitrogens is 3. The molecule has 2 heterocycles. The highest BCUT2D eigenvalue weighted by atomic mass is 79.9. The zero-order valence-electron chi connectivity index (χ0n) is 11.2. The van der Waals surface area contributed by atoms with Crippen LogP contribution in [0.3, 0.4) is 0 Å². The molecule has 3 rings (SSSR count). The highest BCUT2D eigenvalue weighted by Gasteiger charge is 2.12. The van der Waals surface area contributed by atoms with E-state index in [-0.39, 0.29) is 0 Å². The lowest BCUT2D eigenvalue weighted by Gasteiger charge is -2.14. The second-order valence-corrected chi connectivity index (χ2v) is 5.62. The molecule has 1 aromatic carbocycles. The van der Waals surface area contributed by atoms with E-state index in [2.05, 4.69) is 26.0 Å². The molecule has 0 aliphatic heterocycles. The van der Waals surface area contributed by atoms with Gasteiger partial charge in [-0.15, -0.1) is 0 Å². The molecular formula is C16H14BrN3O. The average Bonchev–Trinajstić information content (AvgIpc) is 2.96. The molecule has 0 amide bonds. The minimum atomic E-state index is -0.608. The van der Waals surface area contributed by atoms with Crippen molar-refractivity contribution in [1.29, 1.82) is 0 Å². The smallest absolute Gasteiger partial charge is 0.0986 e. The summed E-state index contributed by atoms with van der Waals surface area (Å²) in [5.74, 6) is 0. The molecule has 3 aromatic rings. The molecule has 1 unspecified atom stereocenters. The van der Waals surface area contributed by atoms with Gasteiger partial charge >= 0.3 is 0 Å². The lowest BCUT2D eigenvalue weighted by atomic mass is 10.1. The summed E-state index contributed by atoms with van der Waals surface area (Å²) in [6.45, 7) is 0.404. The van der Waals surface area contributed by atoms with E-state index < -0.39 is 6.10 Å². The van der Waals surface area contributed by atoms with Gasteiger partial charge in [0.25, 0.3) is 0 Å². The van der Waals surface area contributed by atoms with E-state index in [0.717, 1.165) is 21.3 Å². The molecule has 0 radical (unpaired) electrons. The van der Waals surface area contributed by atoms with Crippen LogP contribution in [-0.2, 0) is 6.54 Å². The maximum Gasteiger partial charge on any atom is 0.0986 e. The van der Waals surface area contributed by atoms with E-state index in [1.807, 2.05) is 42.5 Å². The Balaban J connectivity index is 1.85. The van der Waals surface area contributed by atoms with Crippen LogP contribution in [0.1, 0.15) is 11.7 Å². The fourth-order valence-electron chi connectivity index (χ4n) is 2.23. The standard InChI is InChI=1S/C16H14BrN3O/c17-14-3-1-2-13(10-14)16(21)11-20-15(6-9-19-20)12-4-7-18-8-5-12/h1-10,16,21H,11H2. The molecular weight excluding hydrogens is 330 g/mol. The summed E-state index contributed by atoms with van der Waals surface area (Å²) in [6.07, 6.45) is 4.63. The Labute approximate surface area is 131 Å². The van der Waals surface area contributed by atoms with Crippen LogP contribution in [0.4, 0.5) is 0 Å². The Morgan fingerprint density at radius 1 is 1.10 bits per heavy atom. The molecule has 0 spiro atoms. The topological polar surface area (TPSA) is 50.9 Å². The fourth-order valence-corrected chi connectivity index (χ4v) is 2.65. The summed E-state index contributed by atoms with van der Waals surface area (Å²) >= 11 is 3.42. The molecule has 0 aliphatic rings. The van der Waals surface area contributed by atoms with Gasteiger partial charge in [-0.1, -0.05) is 28.1 Å². The zero-order chi connectivity index (χ0) is 14.7. The van der Waals surface area contributed by atoms with E-state index in [0.29, 0.717) is 6.54 Å². The van der Waals surface area contributed by atoms with Gasteiger partial charge in [-0.25, -0.2) is 0 Å². The fraction of sp³-hybridized carbons (Fsp3) is 0.125. The van der Waals surface area contributed by atoms with E-state index in [1.54, 1.807) is 23.3 Å². The maximum atomic E-state index is 10.4. The minimum Gasteiger partial charge on any atom is -0.386 e. The molecule has 5 heteroatoms. The third-order valence-electron chi connectivity index (χ3n) is 3.27. The summed E-state index contributed by atoms with van der Waals surface area (Å²) in [4.78, 5) is 4.02. The second kappa shape index (κ2) is 6.20. The number of hydrogen-bond donors (Lipinski definition) is 1. The van der Waals surface area contributed by atoms with E-state index in [4.69, 9.17) is 0 Å². The van der Waals surface area contributed by atoms with Crippen LogP contribution in [0, 0.1) is 0 Å². The third-order valence-corrected chi connectivity index (χ3v) is 3.77. The van der Waals surface area contributed by atoms with Gasteiger partial charge < -0.3 is 5.11 Å². The van der Waals surface area contributed by atoms with Gasteiger partial charge in [0.1, 0.15) is 0 Å². The predicted octanol–water partition coefficient (Wildman–Crippen LogP) is 3.44. The number of aliphatic hydroxyl groups excluding tert-OH is 1. The maximum absolute atomic E-state index is 10.4. The summed E-state index contributed by atoms with van der Waals surface area (Å²) in [6, 6.07) is 13.5. The van der Waals surface area contributed by atoms with Crippen molar-refractivity contribution in [1.82, 2.24) is 14.8 Å². The number of aliphatic hydroxyl groups is 1. The molecule has 0 aliphatic carbocycles. The van der Waals surface area contributed by atoms with Crippen molar-refractivity contribution >= 4 is 15.9 Å². The molecule has 4 nitrogen and oxygen atoms in total. The van der Waals surface area contributed by atoms with Crippen LogP contribution in [0.25, 0.3) is 11.3 Å². The summed E-state index contributed by atoms with van der Waals surface area (Å²) < 4.78 is 2.76. The first kappa shape index (κ1) is 14.0. The van der Waals surface area contributed by atoms with Crippen LogP contribution in [0.15, 0.2) is 65.5 Å². The lowest BCUT2D eigenvalue weighted by Crippen LogP contribution is -2.11. The SMILES string of the molecule is OC(Cn1nccc1-c1ccncc1)c1cccc(Br)c1. The third kappa shape index (κ3) is 3.20. The van der Waals surface area contributed by atoms with Crippen molar-refractivity contribution in [3.8, 4) is 11.3 Å². The van der Waals surface area contributed by atoms with E-state index in [1.165, 1.54) is 0 Å². The van der Waals surface area contributed by atoms with Crippen LogP contribution in [0.2, 0.25) is 0 Å². The largest absolute Gasteiger partial charge is 0.386 e. The normalized spacial score (nSPS) is 12.3. The molecule has 1 atom stereocenters. The van der Waals surface area contributed by atoms with Gasteiger partial charge in [0, 0.05) is 28.6 Å². The van der Waals surface area contributed by atoms with Gasteiger partial charge in [0.05, 0.1) is 18.3 Å². The summed E-state index contributed by atoms with van der Waals surface area (Å²) in [5.41, 5.74) is 2.86. The Kier molecular flexibility index (Phi) is 4.13. The van der Waals surface area contributed by atoms with Gasteiger partial charge in [0.15, 0.2) is 0 Å². The molecule has 21 heavy (non-hydrogen) atoms. The molecule has 1 N–H and O–H groups in total. The highest BCUT2D eigenvalue weighted by Crippen LogP contribution is 2.23. The highest BCUT2D eigenvalue weighted by molar-refractivity contribution is 9.10. The Bertz CT molecular complexity index is 727. The summed E-state index contributed by atoms with van der Waals surface area (Å²) in [5, 5.41) is 14.7. The van der Waals surface area contributed by atoms with Gasteiger partial charge in [-0.3, -0.25) is 9.67 Å². The first-order valence-electron chi connectivity index (χ1n) is 6.60. The minimum absolute atomic E-state index is 0.404. The number of nitrogens with zero attached hydrogens (tertiary/aromatic N) is 3. The quantitative estimate of drug-likeness (QED) is 0.789. The summed E-state index contributed by atoms with van der Waals surface area (Å²) in [7, 11) is 0. The predicted molar refractivity (Wildman–Crippen MR) is 84.6 cm³/mol. The molecule has 0 fully saturated rings. The number of benzene rings is 1. The monoisotopic (exact) mass is 343 g/mol. The molecule has 2 aromatic heterocycles. The molecule has 106 valence electrons. The van der Waals surface area contributed by atoms with E-state index in [9.17, 15) is 5.11 Å². The van der Waals surface area contributed by atoms with Crippen molar-refractivity contribution < 1.29 is 5.11 Å². The lowest BCUT2D eigenvalue weighted by molar-refractivity contribution is 0.152. The van der Waals surface area contributed by atoms with Crippen molar-refractivity contribution in [2.24, 2.45) is 0 Å². The van der Waals surface area contributed by atoms with Crippen LogP contribution in [0.5, 0.6) is 0 Å².